The molecule has 0 bridgehead atoms. The highest BCUT2D eigenvalue weighted by Crippen LogP contribution is 2.28. The first kappa shape index (κ1) is 16.6. The highest BCUT2D eigenvalue weighted by Gasteiger charge is 2.15. The lowest BCUT2D eigenvalue weighted by Crippen LogP contribution is -2.21. The van der Waals surface area contributed by atoms with E-state index in [1.807, 2.05) is 0 Å². The van der Waals surface area contributed by atoms with Crippen molar-refractivity contribution in [2.45, 2.75) is 19.8 Å². The second kappa shape index (κ2) is 7.38. The topological polar surface area (TPSA) is 46.6 Å². The summed E-state index contributed by atoms with van der Waals surface area (Å²) in [6, 6.07) is 2.76. The van der Waals surface area contributed by atoms with Crippen LogP contribution in [0.3, 0.4) is 0 Å². The van der Waals surface area contributed by atoms with Crippen molar-refractivity contribution < 1.29 is 18.7 Å². The predicted molar refractivity (Wildman–Crippen MR) is 77.5 cm³/mol. The molecule has 0 aliphatic heterocycles. The van der Waals surface area contributed by atoms with Gasteiger partial charge in [-0.2, -0.15) is 0 Å². The van der Waals surface area contributed by atoms with E-state index in [0.29, 0.717) is 17.3 Å². The van der Waals surface area contributed by atoms with E-state index in [4.69, 9.17) is 4.74 Å². The third-order valence-corrected chi connectivity index (χ3v) is 3.13. The van der Waals surface area contributed by atoms with Gasteiger partial charge in [-0.3, -0.25) is 9.59 Å². The van der Waals surface area contributed by atoms with Crippen molar-refractivity contribution >= 4 is 27.6 Å². The number of rotatable bonds is 6. The number of halogens is 2. The predicted octanol–water partition coefficient (Wildman–Crippen LogP) is 3.04. The second-order valence-corrected chi connectivity index (χ2v) is 5.48. The summed E-state index contributed by atoms with van der Waals surface area (Å²) in [6.07, 6.45) is 0.782. The maximum Gasteiger partial charge on any atom is 0.222 e. The van der Waals surface area contributed by atoms with Crippen molar-refractivity contribution in [3.63, 3.8) is 0 Å². The van der Waals surface area contributed by atoms with E-state index in [9.17, 15) is 14.0 Å². The smallest absolute Gasteiger partial charge is 0.222 e. The van der Waals surface area contributed by atoms with Crippen molar-refractivity contribution in [1.29, 1.82) is 0 Å². The first-order valence-corrected chi connectivity index (χ1v) is 6.95. The molecule has 4 nitrogen and oxygen atoms in total. The van der Waals surface area contributed by atoms with Gasteiger partial charge >= 0.3 is 0 Å². The maximum absolute atomic E-state index is 13.8. The molecule has 0 unspecified atom stereocenters. The Morgan fingerprint density at radius 2 is 2.00 bits per heavy atom. The van der Waals surface area contributed by atoms with E-state index < -0.39 is 5.82 Å². The molecule has 0 spiro atoms. The summed E-state index contributed by atoms with van der Waals surface area (Å²) in [6.45, 7) is 1.53. The van der Waals surface area contributed by atoms with Gasteiger partial charge in [-0.1, -0.05) is 15.9 Å². The minimum absolute atomic E-state index is 0.0170. The molecule has 0 radical (unpaired) electrons. The van der Waals surface area contributed by atoms with Gasteiger partial charge in [0.1, 0.15) is 0 Å². The molecule has 0 aromatic heterocycles. The number of amides is 1. The zero-order valence-corrected chi connectivity index (χ0v) is 13.3. The lowest BCUT2D eigenvalue weighted by Gasteiger charge is -2.13. The van der Waals surface area contributed by atoms with Crippen LogP contribution in [0.2, 0.25) is 0 Å². The molecule has 1 amide bonds. The minimum atomic E-state index is -0.594. The number of carbonyl (C=O) groups excluding carboxylic acids is 2. The Hall–Kier alpha value is -1.43. The average Bonchev–Trinajstić information content (AvgIpc) is 2.35. The maximum atomic E-state index is 13.8. The van der Waals surface area contributed by atoms with Crippen LogP contribution in [0, 0.1) is 5.82 Å². The molecular weight excluding hydrogens is 329 g/mol. The summed E-state index contributed by atoms with van der Waals surface area (Å²) < 4.78 is 19.6. The molecule has 0 fully saturated rings. The number of benzene rings is 1. The van der Waals surface area contributed by atoms with Crippen LogP contribution in [0.4, 0.5) is 4.39 Å². The van der Waals surface area contributed by atoms with Crippen LogP contribution in [0.15, 0.2) is 16.6 Å². The van der Waals surface area contributed by atoms with Crippen molar-refractivity contribution in [1.82, 2.24) is 4.90 Å². The van der Waals surface area contributed by atoms with Crippen LogP contribution in [0.5, 0.6) is 5.75 Å². The molecule has 1 aromatic rings. The molecule has 0 N–H and O–H groups in total. The Labute approximate surface area is 126 Å². The first-order valence-electron chi connectivity index (χ1n) is 6.16. The number of nitrogens with zero attached hydrogens (tertiary/aromatic N) is 1. The van der Waals surface area contributed by atoms with E-state index in [2.05, 4.69) is 15.9 Å². The van der Waals surface area contributed by atoms with Gasteiger partial charge in [0.25, 0.3) is 0 Å². The molecule has 20 heavy (non-hydrogen) atoms. The molecule has 0 saturated carbocycles. The van der Waals surface area contributed by atoms with Gasteiger partial charge in [-0.25, -0.2) is 4.39 Å². The molecule has 1 aromatic carbocycles. The average molecular weight is 346 g/mol. The molecule has 0 saturated heterocycles. The quantitative estimate of drug-likeness (QED) is 0.588. The van der Waals surface area contributed by atoms with E-state index in [-0.39, 0.29) is 29.6 Å². The third kappa shape index (κ3) is 4.59. The normalized spacial score (nSPS) is 10.2. The molecule has 0 aliphatic rings. The van der Waals surface area contributed by atoms with Crippen LogP contribution >= 0.6 is 15.9 Å². The molecule has 0 atom stereocenters. The number of carbonyl (C=O) groups is 2. The van der Waals surface area contributed by atoms with Crippen molar-refractivity contribution in [3.05, 3.63) is 28.0 Å². The van der Waals surface area contributed by atoms with Gasteiger partial charge in [0, 0.05) is 25.0 Å². The molecule has 0 aliphatic carbocycles. The summed E-state index contributed by atoms with van der Waals surface area (Å²) in [4.78, 5) is 24.3. The minimum Gasteiger partial charge on any atom is -0.490 e. The number of hydrogen-bond donors (Lipinski definition) is 0. The lowest BCUT2D eigenvalue weighted by molar-refractivity contribution is -0.128. The highest BCUT2D eigenvalue weighted by atomic mass is 79.9. The van der Waals surface area contributed by atoms with Gasteiger partial charge in [0.15, 0.2) is 17.3 Å². The summed E-state index contributed by atoms with van der Waals surface area (Å²) in [5.41, 5.74) is 0.191. The number of Topliss-reactive ketones (excluding diaryl/α,β-unsaturated/α-hetero) is 1. The van der Waals surface area contributed by atoms with E-state index >= 15 is 0 Å². The fraction of sp³-hybridized carbons (Fsp3) is 0.429. The zero-order valence-electron chi connectivity index (χ0n) is 11.7. The SMILES string of the molecule is CC(=O)c1cc(Br)cc(F)c1OCCCC(=O)N(C)C. The summed E-state index contributed by atoms with van der Waals surface area (Å²) >= 11 is 3.13. The molecule has 0 heterocycles. The zero-order chi connectivity index (χ0) is 15.3. The Balaban J connectivity index is 2.68. The first-order chi connectivity index (χ1) is 9.32. The Morgan fingerprint density at radius 1 is 1.35 bits per heavy atom. The lowest BCUT2D eigenvalue weighted by atomic mass is 10.1. The van der Waals surface area contributed by atoms with Gasteiger partial charge in [0.05, 0.1) is 12.2 Å². The van der Waals surface area contributed by atoms with Crippen molar-refractivity contribution in [2.24, 2.45) is 0 Å². The van der Waals surface area contributed by atoms with Gasteiger partial charge in [0.2, 0.25) is 5.91 Å². The summed E-state index contributed by atoms with van der Waals surface area (Å²) in [7, 11) is 3.34. The van der Waals surface area contributed by atoms with Crippen molar-refractivity contribution in [3.8, 4) is 5.75 Å². The van der Waals surface area contributed by atoms with E-state index in [1.165, 1.54) is 24.0 Å². The van der Waals surface area contributed by atoms with Crippen LogP contribution in [0.25, 0.3) is 0 Å². The van der Waals surface area contributed by atoms with Crippen LogP contribution in [0.1, 0.15) is 30.1 Å². The van der Waals surface area contributed by atoms with Crippen LogP contribution in [-0.2, 0) is 4.79 Å². The van der Waals surface area contributed by atoms with Crippen molar-refractivity contribution in [2.75, 3.05) is 20.7 Å². The number of ketones is 1. The molecule has 1 rings (SSSR count). The molecular formula is C14H17BrFNO3. The Kier molecular flexibility index (Phi) is 6.13. The van der Waals surface area contributed by atoms with E-state index in [1.54, 1.807) is 14.1 Å². The fourth-order valence-electron chi connectivity index (χ4n) is 1.59. The summed E-state index contributed by atoms with van der Waals surface area (Å²) in [5.74, 6) is -0.942. The molecule has 110 valence electrons. The Morgan fingerprint density at radius 3 is 2.55 bits per heavy atom. The van der Waals surface area contributed by atoms with Gasteiger partial charge < -0.3 is 9.64 Å². The van der Waals surface area contributed by atoms with Gasteiger partial charge in [-0.05, 0) is 25.5 Å². The summed E-state index contributed by atoms with van der Waals surface area (Å²) in [5, 5.41) is 0. The fourth-order valence-corrected chi connectivity index (χ4v) is 2.02. The molecule has 6 heteroatoms. The van der Waals surface area contributed by atoms with Crippen LogP contribution in [-0.4, -0.2) is 37.3 Å². The number of ether oxygens (including phenoxy) is 1. The number of hydrogen-bond acceptors (Lipinski definition) is 3. The van der Waals surface area contributed by atoms with E-state index in [0.717, 1.165) is 0 Å². The monoisotopic (exact) mass is 345 g/mol. The third-order valence-electron chi connectivity index (χ3n) is 2.67. The van der Waals surface area contributed by atoms with Gasteiger partial charge in [-0.15, -0.1) is 0 Å². The largest absolute Gasteiger partial charge is 0.490 e. The highest BCUT2D eigenvalue weighted by molar-refractivity contribution is 9.10. The van der Waals surface area contributed by atoms with Crippen LogP contribution < -0.4 is 4.74 Å². The second-order valence-electron chi connectivity index (χ2n) is 4.56. The standard InChI is InChI=1S/C14H17BrFNO3/c1-9(18)11-7-10(15)8-12(16)14(11)20-6-4-5-13(19)17(2)3/h7-8H,4-6H2,1-3H3. The Bertz CT molecular complexity index is 517.